The van der Waals surface area contributed by atoms with E-state index >= 15 is 0 Å². The van der Waals surface area contributed by atoms with Gasteiger partial charge in [0, 0.05) is 17.1 Å². The van der Waals surface area contributed by atoms with E-state index in [0.717, 1.165) is 66.8 Å². The minimum absolute atomic E-state index is 0.479. The van der Waals surface area contributed by atoms with Crippen molar-refractivity contribution in [2.45, 2.75) is 33.4 Å². The zero-order valence-electron chi connectivity index (χ0n) is 16.6. The molecule has 0 radical (unpaired) electrons. The molecule has 5 heteroatoms. The van der Waals surface area contributed by atoms with Gasteiger partial charge in [0.1, 0.15) is 6.61 Å². The average Bonchev–Trinajstić information content (AvgIpc) is 2.70. The van der Waals surface area contributed by atoms with Gasteiger partial charge in [-0.3, -0.25) is 0 Å². The third-order valence-electron chi connectivity index (χ3n) is 4.61. The van der Waals surface area contributed by atoms with E-state index < -0.39 is 0 Å². The fraction of sp³-hybridized carbons (Fsp3) is 0.455. The molecular weight excluding hydrogens is 360 g/mol. The molecule has 4 nitrogen and oxygen atoms in total. The Hall–Kier alpha value is -1.75. The van der Waals surface area contributed by atoms with Crippen LogP contribution in [-0.4, -0.2) is 38.2 Å². The van der Waals surface area contributed by atoms with E-state index in [1.807, 2.05) is 36.4 Å². The van der Waals surface area contributed by atoms with Crippen LogP contribution in [0.15, 0.2) is 42.5 Å². The number of hydrogen-bond acceptors (Lipinski definition) is 4. The molecule has 0 atom stereocenters. The second kappa shape index (κ2) is 11.9. The van der Waals surface area contributed by atoms with Gasteiger partial charge in [-0.2, -0.15) is 0 Å². The molecule has 0 fully saturated rings. The number of benzene rings is 2. The summed E-state index contributed by atoms with van der Waals surface area (Å²) in [5, 5.41) is 4.25. The lowest BCUT2D eigenvalue weighted by molar-refractivity contribution is 0.280. The maximum Gasteiger partial charge on any atom is 0.166 e. The first kappa shape index (κ1) is 21.5. The van der Waals surface area contributed by atoms with Crippen LogP contribution in [0.5, 0.6) is 11.5 Å². The van der Waals surface area contributed by atoms with Crippen molar-refractivity contribution in [3.05, 3.63) is 58.6 Å². The highest BCUT2D eigenvalue weighted by Crippen LogP contribution is 2.31. The lowest BCUT2D eigenvalue weighted by Crippen LogP contribution is -2.27. The van der Waals surface area contributed by atoms with Crippen LogP contribution in [0.3, 0.4) is 0 Å². The lowest BCUT2D eigenvalue weighted by atomic mass is 10.1. The van der Waals surface area contributed by atoms with Gasteiger partial charge in [-0.15, -0.1) is 0 Å². The number of halogens is 1. The van der Waals surface area contributed by atoms with E-state index in [2.05, 4.69) is 30.1 Å². The van der Waals surface area contributed by atoms with E-state index in [1.165, 1.54) is 0 Å². The van der Waals surface area contributed by atoms with Crippen LogP contribution in [0.2, 0.25) is 5.02 Å². The van der Waals surface area contributed by atoms with Gasteiger partial charge in [0.05, 0.1) is 7.11 Å². The Morgan fingerprint density at radius 1 is 1.04 bits per heavy atom. The Morgan fingerprint density at radius 2 is 1.78 bits per heavy atom. The summed E-state index contributed by atoms with van der Waals surface area (Å²) < 4.78 is 11.6. The standard InChI is InChI=1S/C22H31ClN2O2/c1-4-25(5-2)15-7-14-24-16-19-8-6-9-21(26-3)22(19)27-17-18-10-12-20(23)13-11-18/h6,8-13,24H,4-5,7,14-17H2,1-3H3. The largest absolute Gasteiger partial charge is 0.493 e. The predicted molar refractivity (Wildman–Crippen MR) is 113 cm³/mol. The Balaban J connectivity index is 1.92. The van der Waals surface area contributed by atoms with Gasteiger partial charge >= 0.3 is 0 Å². The molecule has 0 saturated carbocycles. The molecule has 2 aromatic carbocycles. The highest BCUT2D eigenvalue weighted by molar-refractivity contribution is 6.30. The van der Waals surface area contributed by atoms with E-state index in [0.29, 0.717) is 6.61 Å². The smallest absolute Gasteiger partial charge is 0.166 e. The molecule has 2 rings (SSSR count). The summed E-state index contributed by atoms with van der Waals surface area (Å²) in [4.78, 5) is 2.44. The molecule has 0 unspecified atom stereocenters. The Bertz CT molecular complexity index is 673. The highest BCUT2D eigenvalue weighted by atomic mass is 35.5. The normalized spacial score (nSPS) is 11.0. The van der Waals surface area contributed by atoms with Crippen molar-refractivity contribution in [3.8, 4) is 11.5 Å². The Labute approximate surface area is 168 Å². The summed E-state index contributed by atoms with van der Waals surface area (Å²) in [5.41, 5.74) is 2.18. The highest BCUT2D eigenvalue weighted by Gasteiger charge is 2.11. The number of hydrogen-bond donors (Lipinski definition) is 1. The number of methoxy groups -OCH3 is 1. The Kier molecular flexibility index (Phi) is 9.46. The summed E-state index contributed by atoms with van der Waals surface area (Å²) >= 11 is 5.95. The van der Waals surface area contributed by atoms with Gasteiger partial charge in [-0.25, -0.2) is 0 Å². The van der Waals surface area contributed by atoms with Gasteiger partial charge in [0.25, 0.3) is 0 Å². The van der Waals surface area contributed by atoms with E-state index in [1.54, 1.807) is 7.11 Å². The molecule has 0 aliphatic rings. The van der Waals surface area contributed by atoms with Gasteiger partial charge < -0.3 is 19.7 Å². The minimum Gasteiger partial charge on any atom is -0.493 e. The molecule has 0 heterocycles. The monoisotopic (exact) mass is 390 g/mol. The predicted octanol–water partition coefficient (Wildman–Crippen LogP) is 4.75. The second-order valence-electron chi connectivity index (χ2n) is 6.42. The van der Waals surface area contributed by atoms with Crippen LogP contribution in [0.4, 0.5) is 0 Å². The lowest BCUT2D eigenvalue weighted by Gasteiger charge is -2.18. The summed E-state index contributed by atoms with van der Waals surface area (Å²) in [6, 6.07) is 13.7. The van der Waals surface area contributed by atoms with Crippen molar-refractivity contribution in [2.24, 2.45) is 0 Å². The van der Waals surface area contributed by atoms with Crippen LogP contribution >= 0.6 is 11.6 Å². The number of para-hydroxylation sites is 1. The van der Waals surface area contributed by atoms with Crippen molar-refractivity contribution >= 4 is 11.6 Å². The quantitative estimate of drug-likeness (QED) is 0.530. The summed E-state index contributed by atoms with van der Waals surface area (Å²) in [7, 11) is 1.67. The zero-order valence-corrected chi connectivity index (χ0v) is 17.4. The number of nitrogens with zero attached hydrogens (tertiary/aromatic N) is 1. The van der Waals surface area contributed by atoms with Crippen molar-refractivity contribution < 1.29 is 9.47 Å². The van der Waals surface area contributed by atoms with E-state index in [4.69, 9.17) is 21.1 Å². The van der Waals surface area contributed by atoms with Crippen molar-refractivity contribution in [1.82, 2.24) is 10.2 Å². The molecule has 0 spiro atoms. The molecule has 2 aromatic rings. The molecule has 0 saturated heterocycles. The fourth-order valence-electron chi connectivity index (χ4n) is 2.95. The maximum atomic E-state index is 6.10. The summed E-state index contributed by atoms with van der Waals surface area (Å²) in [6.45, 7) is 9.96. The molecule has 0 aliphatic carbocycles. The van der Waals surface area contributed by atoms with Gasteiger partial charge in [-0.05, 0) is 56.4 Å². The molecule has 0 aliphatic heterocycles. The first-order valence-electron chi connectivity index (χ1n) is 9.64. The van der Waals surface area contributed by atoms with Gasteiger partial charge in [-0.1, -0.05) is 49.7 Å². The van der Waals surface area contributed by atoms with Crippen LogP contribution in [-0.2, 0) is 13.2 Å². The summed E-state index contributed by atoms with van der Waals surface area (Å²) in [5.74, 6) is 1.55. The van der Waals surface area contributed by atoms with Crippen molar-refractivity contribution in [1.29, 1.82) is 0 Å². The molecular formula is C22H31ClN2O2. The topological polar surface area (TPSA) is 33.7 Å². The molecule has 27 heavy (non-hydrogen) atoms. The third kappa shape index (κ3) is 7.06. The van der Waals surface area contributed by atoms with Crippen LogP contribution in [0.25, 0.3) is 0 Å². The fourth-order valence-corrected chi connectivity index (χ4v) is 3.08. The molecule has 1 N–H and O–H groups in total. The molecule has 148 valence electrons. The first-order chi connectivity index (χ1) is 13.2. The first-order valence-corrected chi connectivity index (χ1v) is 10.0. The molecule has 0 aromatic heterocycles. The van der Waals surface area contributed by atoms with Gasteiger partial charge in [0.2, 0.25) is 0 Å². The zero-order chi connectivity index (χ0) is 19.5. The minimum atomic E-state index is 0.479. The summed E-state index contributed by atoms with van der Waals surface area (Å²) in [6.07, 6.45) is 1.13. The van der Waals surface area contributed by atoms with Crippen molar-refractivity contribution in [2.75, 3.05) is 33.3 Å². The Morgan fingerprint density at radius 3 is 2.44 bits per heavy atom. The van der Waals surface area contributed by atoms with E-state index in [9.17, 15) is 0 Å². The third-order valence-corrected chi connectivity index (χ3v) is 4.87. The van der Waals surface area contributed by atoms with Gasteiger partial charge in [0.15, 0.2) is 11.5 Å². The average molecular weight is 391 g/mol. The van der Waals surface area contributed by atoms with Crippen LogP contribution in [0, 0.1) is 0 Å². The number of ether oxygens (including phenoxy) is 2. The number of rotatable bonds is 12. The SMILES string of the molecule is CCN(CC)CCCNCc1cccc(OC)c1OCc1ccc(Cl)cc1. The molecule has 0 amide bonds. The van der Waals surface area contributed by atoms with E-state index in [-0.39, 0.29) is 0 Å². The van der Waals surface area contributed by atoms with Crippen LogP contribution in [0.1, 0.15) is 31.4 Å². The number of nitrogens with one attached hydrogen (secondary N) is 1. The second-order valence-corrected chi connectivity index (χ2v) is 6.86. The maximum absolute atomic E-state index is 6.10. The molecule has 0 bridgehead atoms. The van der Waals surface area contributed by atoms with Crippen LogP contribution < -0.4 is 14.8 Å². The van der Waals surface area contributed by atoms with Crippen molar-refractivity contribution in [3.63, 3.8) is 0 Å².